The molecule has 6 rings (SSSR count). The molecule has 4 heterocycles. The Bertz CT molecular complexity index is 3180. The van der Waals surface area contributed by atoms with Crippen molar-refractivity contribution < 1.29 is 63.5 Å². The first-order valence-electron chi connectivity index (χ1n) is 34.9. The summed E-state index contributed by atoms with van der Waals surface area (Å²) in [5.74, 6) is -8.88. The Kier molecular flexibility index (Phi) is 28.7. The number of hydrogen-bond acceptors (Lipinski definition) is 14. The van der Waals surface area contributed by atoms with Crippen molar-refractivity contribution in [3.8, 4) is 11.1 Å². The van der Waals surface area contributed by atoms with Crippen molar-refractivity contribution in [3.63, 3.8) is 0 Å². The van der Waals surface area contributed by atoms with Crippen LogP contribution >= 0.6 is 0 Å². The molecule has 3 fully saturated rings. The second kappa shape index (κ2) is 35.6. The molecule has 11 atom stereocenters. The van der Waals surface area contributed by atoms with Crippen LogP contribution in [0.15, 0.2) is 72.9 Å². The smallest absolute Gasteiger partial charge is 0.332 e. The average molecular weight is 1340 g/mol. The van der Waals surface area contributed by atoms with Crippen LogP contribution in [-0.2, 0) is 65.5 Å². The molecule has 3 aromatic rings. The lowest BCUT2D eigenvalue weighted by molar-refractivity contribution is -0.178. The lowest BCUT2D eigenvalue weighted by atomic mass is 9.82. The Morgan fingerprint density at radius 3 is 1.84 bits per heavy atom. The molecular formula is C74H110FN9O12. The van der Waals surface area contributed by atoms with E-state index in [-0.39, 0.29) is 62.2 Å². The first-order valence-corrected chi connectivity index (χ1v) is 34.2. The Labute approximate surface area is 571 Å². The van der Waals surface area contributed by atoms with Gasteiger partial charge in [-0.05, 0) is 92.0 Å². The van der Waals surface area contributed by atoms with Gasteiger partial charge in [-0.1, -0.05) is 130 Å². The number of esters is 1. The van der Waals surface area contributed by atoms with Crippen LogP contribution < -0.4 is 10.2 Å². The fourth-order valence-electron chi connectivity index (χ4n) is 14.0. The van der Waals surface area contributed by atoms with Gasteiger partial charge in [-0.15, -0.1) is 0 Å². The van der Waals surface area contributed by atoms with E-state index in [9.17, 15) is 28.7 Å². The van der Waals surface area contributed by atoms with Crippen LogP contribution in [-0.4, -0.2) is 214 Å². The number of carbonyl (C=O) groups excluding carboxylic acids is 10. The van der Waals surface area contributed by atoms with Crippen LogP contribution in [0.2, 0.25) is 0 Å². The summed E-state index contributed by atoms with van der Waals surface area (Å²) >= 11 is 0. The van der Waals surface area contributed by atoms with Crippen molar-refractivity contribution in [2.45, 2.75) is 196 Å². The van der Waals surface area contributed by atoms with Gasteiger partial charge in [-0.2, -0.15) is 0 Å². The van der Waals surface area contributed by atoms with E-state index in [1.54, 1.807) is 73.8 Å². The van der Waals surface area contributed by atoms with Crippen LogP contribution in [0.5, 0.6) is 0 Å². The number of fused-ring (bicyclic) bond motifs is 1. The predicted molar refractivity (Wildman–Crippen MR) is 368 cm³/mol. The lowest BCUT2D eigenvalue weighted by Crippen LogP contribution is -2.61. The monoisotopic (exact) mass is 1340 g/mol. The highest BCUT2D eigenvalue weighted by molar-refractivity contribution is 5.99. The second-order valence-corrected chi connectivity index (χ2v) is 28.4. The second-order valence-electron chi connectivity index (χ2n) is 28.4. The number of hydrogen-bond donors (Lipinski definition) is 2. The van der Waals surface area contributed by atoms with Crippen molar-refractivity contribution in [1.29, 1.82) is 0 Å². The highest BCUT2D eigenvalue weighted by Gasteiger charge is 2.48. The summed E-state index contributed by atoms with van der Waals surface area (Å²) in [5.41, 5.74) is 0.982. The van der Waals surface area contributed by atoms with Gasteiger partial charge < -0.3 is 49.5 Å². The van der Waals surface area contributed by atoms with Crippen molar-refractivity contribution in [2.24, 2.45) is 41.4 Å². The molecule has 0 bridgehead atoms. The number of Topliss-reactive ketones (excluding diaryl/α,β-unsaturated/α-hetero) is 2. The quantitative estimate of drug-likeness (QED) is 0.138. The van der Waals surface area contributed by atoms with E-state index < -0.39 is 132 Å². The zero-order chi connectivity index (χ0) is 72.5. The van der Waals surface area contributed by atoms with Gasteiger partial charge in [0.25, 0.3) is 5.91 Å². The first kappa shape index (κ1) is 77.4. The van der Waals surface area contributed by atoms with E-state index in [4.69, 9.17) is 11.1 Å². The number of halogens is 1. The number of amides is 7. The average Bonchev–Trinajstić information content (AvgIpc) is 1.72. The summed E-state index contributed by atoms with van der Waals surface area (Å²) in [6.45, 7) is 25.1. The van der Waals surface area contributed by atoms with Crippen molar-refractivity contribution in [2.75, 3.05) is 73.0 Å². The minimum atomic E-state index is -1.96. The summed E-state index contributed by atoms with van der Waals surface area (Å²) in [6, 6.07) is 13.0. The number of anilines is 1. The molecule has 5 unspecified atom stereocenters. The Morgan fingerprint density at radius 1 is 0.688 bits per heavy atom. The normalized spacial score (nSPS) is 25.0. The molecule has 22 heteroatoms. The lowest BCUT2D eigenvalue weighted by Gasteiger charge is -2.39. The highest BCUT2D eigenvalue weighted by atomic mass is 19.1. The number of nitrogens with zero attached hydrogens (tertiary/aromatic N) is 8. The summed E-state index contributed by atoms with van der Waals surface area (Å²) in [4.78, 5) is 165. The number of ether oxygens (including phenoxy) is 1. The minimum Gasteiger partial charge on any atom is -0.450 e. The third-order valence-corrected chi connectivity index (χ3v) is 19.7. The fraction of sp³-hybridized carbons (Fsp3) is 0.635. The van der Waals surface area contributed by atoms with Gasteiger partial charge in [0.2, 0.25) is 35.4 Å². The zero-order valence-electron chi connectivity index (χ0n) is 61.0. The van der Waals surface area contributed by atoms with Gasteiger partial charge in [0, 0.05) is 123 Å². The third kappa shape index (κ3) is 19.8. The van der Waals surface area contributed by atoms with Crippen molar-refractivity contribution in [3.05, 3.63) is 84.1 Å². The number of rotatable bonds is 15. The maximum absolute atomic E-state index is 15.9. The molecule has 3 aliphatic rings. The number of alkyl halides is 1. The predicted octanol–water partition coefficient (Wildman–Crippen LogP) is 7.87. The fourth-order valence-corrected chi connectivity index (χ4v) is 14.0. The molecule has 1 aromatic heterocycles. The minimum absolute atomic E-state index is 0.0248. The number of piperazine rings is 1. The number of pyridine rings is 1. The van der Waals surface area contributed by atoms with E-state index >= 15 is 28.8 Å². The molecule has 0 saturated carbocycles. The summed E-state index contributed by atoms with van der Waals surface area (Å²) < 4.78 is 21.7. The molecule has 3 aliphatic heterocycles. The van der Waals surface area contributed by atoms with Crippen molar-refractivity contribution >= 4 is 64.7 Å². The van der Waals surface area contributed by atoms with Crippen molar-refractivity contribution in [1.82, 2.24) is 39.7 Å². The highest BCUT2D eigenvalue weighted by Crippen LogP contribution is 2.33. The molecule has 96 heavy (non-hydrogen) atoms. The molecular weight excluding hydrogens is 1230 g/mol. The zero-order valence-corrected chi connectivity index (χ0v) is 60.0. The number of aliphatic hydroxyl groups is 1. The summed E-state index contributed by atoms with van der Waals surface area (Å²) in [6.07, 6.45) is 1.38. The standard InChI is InChI=1S/C73H107N9O12.CH3F/c1-18-47(9)55-42-59(84)57-29-24-32-82(57)70(90)58(40-51-27-23-28-52(38-51)53-30-31-61(74-43-53)81-35-33-80(34-36-81)49(11)83)76(14)69(89)56(39-50-25-21-20-22-26-50)75-66(86)63(46(7)8)78(16)71(91)64(48(10)19-2)94-72(92)65(73(12,13)93)79(17)67(87)54(37-44(3)4)41-60(85)62(45(5)6)77(15)68(55)88;1-2/h20-23,25-28,30-31,38,43-48,54-58,62-65,93H,18-19,24,29,32-37,39-42H2,1-17H3,(H,75,86);1H3/t47?,48?,54-,55+,56?,57?,58?,62+,63+,64-,65-;/m1./s1/i;1D. The van der Waals surface area contributed by atoms with Gasteiger partial charge >= 0.3 is 5.97 Å². The molecule has 0 spiro atoms. The SMILES string of the molecule is CCC(C)[C@@H]1CC(=O)C2CCCN2C(=O)C(Cc2cccc(-c3ccc(N4CCN(C(C)=O)CC4)nc3)c2)N(C)C(=O)C(Cc2ccccc2)NC(=O)[C@H](C(C)C)N(C)C(=O)[C@@H](C(C)CC)OC(=O)[C@H](C(C)(C)O)N(C)C(=O)[C@H](CC(C)C)CC(=O)[C@H](C(C)C)N(C)C1=O.[2H]CF. The largest absolute Gasteiger partial charge is 0.450 e. The maximum Gasteiger partial charge on any atom is 0.332 e. The van der Waals surface area contributed by atoms with Gasteiger partial charge in [-0.3, -0.25) is 47.5 Å². The Balaban J connectivity index is 0.00000556. The van der Waals surface area contributed by atoms with Gasteiger partial charge in [0.1, 0.15) is 23.9 Å². The van der Waals surface area contributed by atoms with E-state index in [1.165, 1.54) is 54.6 Å². The van der Waals surface area contributed by atoms with Gasteiger partial charge in [0.15, 0.2) is 23.7 Å². The van der Waals surface area contributed by atoms with Crippen LogP contribution in [0.25, 0.3) is 11.1 Å². The molecule has 21 nitrogen and oxygen atoms in total. The molecule has 7 amide bonds. The number of ketones is 2. The molecule has 2 N–H and O–H groups in total. The molecule has 0 aliphatic carbocycles. The van der Waals surface area contributed by atoms with Crippen LogP contribution in [0.4, 0.5) is 10.2 Å². The number of aromatic nitrogens is 1. The van der Waals surface area contributed by atoms with Crippen LogP contribution in [0.3, 0.4) is 0 Å². The number of nitrogens with one attached hydrogen (secondary N) is 1. The third-order valence-electron chi connectivity index (χ3n) is 19.7. The molecule has 530 valence electrons. The van der Waals surface area contributed by atoms with Gasteiger partial charge in [-0.25, -0.2) is 9.78 Å². The first-order chi connectivity index (χ1) is 45.6. The molecule has 2 aromatic carbocycles. The van der Waals surface area contributed by atoms with Crippen LogP contribution in [0, 0.1) is 41.4 Å². The van der Waals surface area contributed by atoms with E-state index in [1.807, 2.05) is 87.2 Å². The molecule has 3 saturated heterocycles. The topological polar surface area (TPSA) is 248 Å². The summed E-state index contributed by atoms with van der Waals surface area (Å²) in [5, 5.41) is 14.8. The van der Waals surface area contributed by atoms with E-state index in [0.717, 1.165) is 21.8 Å². The Hall–Kier alpha value is -7.62. The number of carbonyl (C=O) groups is 10. The maximum atomic E-state index is 15.9. The number of likely N-dealkylation sites (N-methyl/N-ethyl adjacent to an activating group) is 4. The van der Waals surface area contributed by atoms with E-state index in [0.29, 0.717) is 63.0 Å². The number of benzene rings is 2. The van der Waals surface area contributed by atoms with Gasteiger partial charge in [0.05, 0.1) is 26.2 Å². The molecule has 0 radical (unpaired) electrons. The van der Waals surface area contributed by atoms with E-state index in [2.05, 4.69) is 10.2 Å². The number of cyclic esters (lactones) is 1. The Morgan fingerprint density at radius 2 is 1.29 bits per heavy atom. The van der Waals surface area contributed by atoms with Crippen LogP contribution in [0.1, 0.15) is 147 Å². The summed E-state index contributed by atoms with van der Waals surface area (Å²) in [7, 11) is 4.82.